The molecule has 118 valence electrons. The molecule has 0 aromatic heterocycles. The summed E-state index contributed by atoms with van der Waals surface area (Å²) in [5.74, 6) is 4.04. The van der Waals surface area contributed by atoms with Crippen LogP contribution in [0.4, 0.5) is 0 Å². The molecule has 1 heteroatoms. The van der Waals surface area contributed by atoms with Gasteiger partial charge in [0.15, 0.2) is 0 Å². The highest BCUT2D eigenvalue weighted by atomic mass is 16.5. The van der Waals surface area contributed by atoms with Gasteiger partial charge in [0.05, 0.1) is 7.11 Å². The standard InChI is InChI=1S/C21H28O/c1-3-16-4-6-17(7-5-16)18-8-10-19(11-9-18)20-12-14-21(22-2)15-13-20/h3-4,6,12-19H,1,5,7-11H2,2H3. The Morgan fingerprint density at radius 3 is 2.23 bits per heavy atom. The largest absolute Gasteiger partial charge is 0.497 e. The first-order valence-corrected chi connectivity index (χ1v) is 8.75. The van der Waals surface area contributed by atoms with Crippen molar-refractivity contribution < 1.29 is 4.74 Å². The Balaban J connectivity index is 1.55. The molecule has 1 aromatic carbocycles. The van der Waals surface area contributed by atoms with E-state index >= 15 is 0 Å². The molecule has 0 aliphatic heterocycles. The van der Waals surface area contributed by atoms with Crippen LogP contribution in [-0.2, 0) is 0 Å². The minimum absolute atomic E-state index is 0.617. The van der Waals surface area contributed by atoms with Gasteiger partial charge in [0, 0.05) is 0 Å². The Hall–Kier alpha value is -1.50. The number of methoxy groups -OCH3 is 1. The lowest BCUT2D eigenvalue weighted by Crippen LogP contribution is -2.22. The summed E-state index contributed by atoms with van der Waals surface area (Å²) in [5, 5.41) is 0. The molecular weight excluding hydrogens is 268 g/mol. The molecule has 0 N–H and O–H groups in total. The maximum atomic E-state index is 5.26. The molecule has 0 spiro atoms. The van der Waals surface area contributed by atoms with Crippen LogP contribution in [-0.4, -0.2) is 7.11 Å². The first-order valence-electron chi connectivity index (χ1n) is 8.75. The zero-order valence-electron chi connectivity index (χ0n) is 13.7. The topological polar surface area (TPSA) is 9.23 Å². The number of benzene rings is 1. The highest BCUT2D eigenvalue weighted by molar-refractivity contribution is 5.29. The van der Waals surface area contributed by atoms with Gasteiger partial charge in [-0.25, -0.2) is 0 Å². The summed E-state index contributed by atoms with van der Waals surface area (Å²) >= 11 is 0. The van der Waals surface area contributed by atoms with Crippen LogP contribution in [0.15, 0.2) is 49.1 Å². The van der Waals surface area contributed by atoms with Crippen LogP contribution in [0.3, 0.4) is 0 Å². The van der Waals surface area contributed by atoms with E-state index in [1.165, 1.54) is 44.1 Å². The Morgan fingerprint density at radius 1 is 0.955 bits per heavy atom. The van der Waals surface area contributed by atoms with Gasteiger partial charge in [-0.15, -0.1) is 6.58 Å². The monoisotopic (exact) mass is 296 g/mol. The van der Waals surface area contributed by atoms with Crippen molar-refractivity contribution >= 4 is 0 Å². The molecule has 1 nitrogen and oxygen atoms in total. The molecule has 0 bridgehead atoms. The molecule has 2 unspecified atom stereocenters. The first kappa shape index (κ1) is 15.4. The van der Waals surface area contributed by atoms with Crippen molar-refractivity contribution in [1.82, 2.24) is 0 Å². The number of allylic oxidation sites excluding steroid dienone is 3. The second-order valence-corrected chi connectivity index (χ2v) is 6.91. The lowest BCUT2D eigenvalue weighted by Gasteiger charge is -2.35. The number of ether oxygens (including phenoxy) is 1. The molecule has 1 saturated carbocycles. The first-order chi connectivity index (χ1) is 10.8. The molecule has 2 atom stereocenters. The summed E-state index contributed by atoms with van der Waals surface area (Å²) in [4.78, 5) is 0. The van der Waals surface area contributed by atoms with Crippen LogP contribution in [0.1, 0.15) is 50.0 Å². The van der Waals surface area contributed by atoms with Crippen molar-refractivity contribution in [2.24, 2.45) is 17.8 Å². The van der Waals surface area contributed by atoms with Gasteiger partial charge in [0.1, 0.15) is 5.75 Å². The van der Waals surface area contributed by atoms with Crippen molar-refractivity contribution in [1.29, 1.82) is 0 Å². The zero-order valence-corrected chi connectivity index (χ0v) is 13.7. The SMILES string of the molecule is C=CC1C=CC(C2CCC(c3ccc(OC)cc3)CC2)CC1. The van der Waals surface area contributed by atoms with Crippen molar-refractivity contribution in [2.75, 3.05) is 7.11 Å². The molecule has 0 amide bonds. The van der Waals surface area contributed by atoms with Crippen LogP contribution in [0.5, 0.6) is 5.75 Å². The van der Waals surface area contributed by atoms with Crippen molar-refractivity contribution in [3.63, 3.8) is 0 Å². The lowest BCUT2D eigenvalue weighted by molar-refractivity contribution is 0.245. The maximum Gasteiger partial charge on any atom is 0.118 e. The molecular formula is C21H28O. The fourth-order valence-electron chi connectivity index (χ4n) is 4.21. The minimum atomic E-state index is 0.617. The van der Waals surface area contributed by atoms with E-state index in [9.17, 15) is 0 Å². The average molecular weight is 296 g/mol. The van der Waals surface area contributed by atoms with Crippen LogP contribution in [0, 0.1) is 17.8 Å². The highest BCUT2D eigenvalue weighted by Crippen LogP contribution is 2.42. The predicted molar refractivity (Wildman–Crippen MR) is 93.2 cm³/mol. The molecule has 2 aliphatic rings. The number of rotatable bonds is 4. The maximum absolute atomic E-state index is 5.26. The second kappa shape index (κ2) is 7.17. The smallest absolute Gasteiger partial charge is 0.118 e. The van der Waals surface area contributed by atoms with Crippen molar-refractivity contribution in [3.05, 3.63) is 54.6 Å². The minimum Gasteiger partial charge on any atom is -0.497 e. The van der Waals surface area contributed by atoms with E-state index in [1.54, 1.807) is 7.11 Å². The van der Waals surface area contributed by atoms with Crippen molar-refractivity contribution in [2.45, 2.75) is 44.4 Å². The Labute approximate surface area is 135 Å². The third-order valence-electron chi connectivity index (χ3n) is 5.71. The summed E-state index contributed by atoms with van der Waals surface area (Å²) in [6.07, 6.45) is 15.0. The summed E-state index contributed by atoms with van der Waals surface area (Å²) < 4.78 is 5.26. The molecule has 22 heavy (non-hydrogen) atoms. The molecule has 0 radical (unpaired) electrons. The van der Waals surface area contributed by atoms with Gasteiger partial charge >= 0.3 is 0 Å². The number of hydrogen-bond acceptors (Lipinski definition) is 1. The van der Waals surface area contributed by atoms with E-state index in [0.717, 1.165) is 23.5 Å². The van der Waals surface area contributed by atoms with Gasteiger partial charge in [0.25, 0.3) is 0 Å². The number of hydrogen-bond donors (Lipinski definition) is 0. The van der Waals surface area contributed by atoms with Gasteiger partial charge in [0.2, 0.25) is 0 Å². The van der Waals surface area contributed by atoms with E-state index < -0.39 is 0 Å². The lowest BCUT2D eigenvalue weighted by atomic mass is 9.71. The van der Waals surface area contributed by atoms with Crippen LogP contribution >= 0.6 is 0 Å². The predicted octanol–water partition coefficient (Wildman–Crippen LogP) is 5.74. The van der Waals surface area contributed by atoms with E-state index in [2.05, 4.69) is 49.1 Å². The Kier molecular flexibility index (Phi) is 5.02. The van der Waals surface area contributed by atoms with Gasteiger partial charge < -0.3 is 4.74 Å². The zero-order chi connectivity index (χ0) is 15.4. The van der Waals surface area contributed by atoms with Gasteiger partial charge in [-0.2, -0.15) is 0 Å². The highest BCUT2D eigenvalue weighted by Gasteiger charge is 2.28. The van der Waals surface area contributed by atoms with E-state index in [0.29, 0.717) is 5.92 Å². The van der Waals surface area contributed by atoms with E-state index in [-0.39, 0.29) is 0 Å². The van der Waals surface area contributed by atoms with Gasteiger partial charge in [-0.3, -0.25) is 0 Å². The normalized spacial score (nSPS) is 31.7. The summed E-state index contributed by atoms with van der Waals surface area (Å²) in [6.45, 7) is 3.92. The summed E-state index contributed by atoms with van der Waals surface area (Å²) in [7, 11) is 1.73. The molecule has 0 saturated heterocycles. The van der Waals surface area contributed by atoms with Crippen LogP contribution < -0.4 is 4.74 Å². The van der Waals surface area contributed by atoms with E-state index in [1.807, 2.05) is 0 Å². The second-order valence-electron chi connectivity index (χ2n) is 6.91. The summed E-state index contributed by atoms with van der Waals surface area (Å²) in [6, 6.07) is 8.69. The third-order valence-corrected chi connectivity index (χ3v) is 5.71. The molecule has 0 heterocycles. The third kappa shape index (κ3) is 3.45. The van der Waals surface area contributed by atoms with Crippen molar-refractivity contribution in [3.8, 4) is 5.75 Å². The fourth-order valence-corrected chi connectivity index (χ4v) is 4.21. The average Bonchev–Trinajstić information content (AvgIpc) is 2.62. The molecule has 1 fully saturated rings. The molecule has 2 aliphatic carbocycles. The Morgan fingerprint density at radius 2 is 1.68 bits per heavy atom. The van der Waals surface area contributed by atoms with Crippen LogP contribution in [0.25, 0.3) is 0 Å². The molecule has 3 rings (SSSR count). The molecule has 1 aromatic rings. The summed E-state index contributed by atoms with van der Waals surface area (Å²) in [5.41, 5.74) is 1.49. The fraction of sp³-hybridized carbons (Fsp3) is 0.524. The Bertz CT molecular complexity index is 505. The quantitative estimate of drug-likeness (QED) is 0.644. The van der Waals surface area contributed by atoms with Gasteiger partial charge in [-0.1, -0.05) is 30.4 Å². The van der Waals surface area contributed by atoms with E-state index in [4.69, 9.17) is 4.74 Å². The van der Waals surface area contributed by atoms with Gasteiger partial charge in [-0.05, 0) is 79.9 Å². The van der Waals surface area contributed by atoms with Crippen LogP contribution in [0.2, 0.25) is 0 Å².